The van der Waals surface area contributed by atoms with Crippen molar-refractivity contribution < 1.29 is 56.7 Å². The second-order valence-corrected chi connectivity index (χ2v) is 14.8. The van der Waals surface area contributed by atoms with E-state index in [4.69, 9.17) is 28.7 Å². The van der Waals surface area contributed by atoms with Crippen molar-refractivity contribution in [3.05, 3.63) is 54.1 Å². The minimum Gasteiger partial charge on any atom is -0.508 e. The fraction of sp³-hybridized carbons (Fsp3) is 0.536. The van der Waals surface area contributed by atoms with Gasteiger partial charge < -0.3 is 44.3 Å². The molecule has 244 valence electrons. The molecule has 2 aliphatic rings. The lowest BCUT2D eigenvalue weighted by molar-refractivity contribution is -0.0907. The number of aliphatic hydroxyl groups is 1. The van der Waals surface area contributed by atoms with Gasteiger partial charge in [-0.1, -0.05) is 26.0 Å². The molecule has 0 aromatic heterocycles. The number of benzene rings is 2. The summed E-state index contributed by atoms with van der Waals surface area (Å²) in [4.78, 5) is 30.9. The van der Waals surface area contributed by atoms with Crippen LogP contribution < -0.4 is 10.1 Å². The van der Waals surface area contributed by atoms with Gasteiger partial charge in [0, 0.05) is 13.1 Å². The van der Waals surface area contributed by atoms with Crippen LogP contribution in [0.2, 0.25) is 0 Å². The van der Waals surface area contributed by atoms with E-state index in [2.05, 4.69) is 5.32 Å². The molecular formula is C28H39N2O12PS. The van der Waals surface area contributed by atoms with Crippen LogP contribution in [0.4, 0.5) is 4.79 Å². The third-order valence-corrected chi connectivity index (χ3v) is 9.53. The van der Waals surface area contributed by atoms with Gasteiger partial charge in [0.2, 0.25) is 10.0 Å². The molecule has 0 saturated carbocycles. The molecule has 2 fully saturated rings. The third-order valence-electron chi connectivity index (χ3n) is 7.22. The molecule has 44 heavy (non-hydrogen) atoms. The highest BCUT2D eigenvalue weighted by Gasteiger charge is 2.44. The summed E-state index contributed by atoms with van der Waals surface area (Å²) in [6, 6.07) is 10.3. The maximum atomic E-state index is 13.7. The van der Waals surface area contributed by atoms with Crippen molar-refractivity contribution in [2.24, 2.45) is 11.8 Å². The van der Waals surface area contributed by atoms with Crippen LogP contribution in [0.25, 0.3) is 0 Å². The van der Waals surface area contributed by atoms with Gasteiger partial charge in [0.25, 0.3) is 0 Å². The molecule has 2 aromatic rings. The van der Waals surface area contributed by atoms with Crippen LogP contribution in [0, 0.1) is 11.8 Å². The number of ether oxygens (including phenoxy) is 4. The van der Waals surface area contributed by atoms with Crippen LogP contribution >= 0.6 is 7.60 Å². The van der Waals surface area contributed by atoms with Gasteiger partial charge in [-0.05, 0) is 60.7 Å². The van der Waals surface area contributed by atoms with E-state index in [0.717, 1.165) is 4.31 Å². The Labute approximate surface area is 256 Å². The summed E-state index contributed by atoms with van der Waals surface area (Å²) in [5, 5.41) is 23.8. The van der Waals surface area contributed by atoms with Crippen LogP contribution in [-0.2, 0) is 35.2 Å². The lowest BCUT2D eigenvalue weighted by Gasteiger charge is -2.31. The second kappa shape index (κ2) is 14.6. The zero-order valence-corrected chi connectivity index (χ0v) is 26.1. The number of carbonyl (C=O) groups excluding carboxylic acids is 1. The van der Waals surface area contributed by atoms with Gasteiger partial charge in [0.15, 0.2) is 12.6 Å². The number of nitrogens with zero attached hydrogens (tertiary/aromatic N) is 1. The average Bonchev–Trinajstić information content (AvgIpc) is 3.57. The van der Waals surface area contributed by atoms with Crippen molar-refractivity contribution in [1.29, 1.82) is 0 Å². The van der Waals surface area contributed by atoms with Gasteiger partial charge in [-0.25, -0.2) is 13.2 Å². The van der Waals surface area contributed by atoms with E-state index in [0.29, 0.717) is 18.6 Å². The van der Waals surface area contributed by atoms with Crippen LogP contribution in [0.15, 0.2) is 53.4 Å². The van der Waals surface area contributed by atoms with Crippen molar-refractivity contribution in [1.82, 2.24) is 9.62 Å². The molecule has 0 aliphatic carbocycles. The van der Waals surface area contributed by atoms with E-state index in [1.165, 1.54) is 36.4 Å². The zero-order valence-electron chi connectivity index (χ0n) is 24.4. The largest absolute Gasteiger partial charge is 0.508 e. The summed E-state index contributed by atoms with van der Waals surface area (Å²) >= 11 is 0. The topological polar surface area (TPSA) is 201 Å². The molecule has 4 rings (SSSR count). The smallest absolute Gasteiger partial charge is 0.407 e. The number of nitrogens with one attached hydrogen (secondary N) is 1. The first-order valence-corrected chi connectivity index (χ1v) is 17.4. The van der Waals surface area contributed by atoms with Gasteiger partial charge in [0.05, 0.1) is 36.2 Å². The molecule has 0 bridgehead atoms. The summed E-state index contributed by atoms with van der Waals surface area (Å²) in [6.45, 7) is 4.00. The first-order valence-electron chi connectivity index (χ1n) is 14.1. The molecule has 2 saturated heterocycles. The lowest BCUT2D eigenvalue weighted by Crippen LogP contribution is -2.51. The normalized spacial score (nSPS) is 21.7. The van der Waals surface area contributed by atoms with Crippen molar-refractivity contribution in [3.63, 3.8) is 0 Å². The molecule has 0 spiro atoms. The van der Waals surface area contributed by atoms with E-state index >= 15 is 0 Å². The van der Waals surface area contributed by atoms with Crippen LogP contribution in [0.1, 0.15) is 25.8 Å². The first kappa shape index (κ1) is 34.1. The number of carbonyl (C=O) groups is 1. The number of phenols is 1. The highest BCUT2D eigenvalue weighted by Crippen LogP contribution is 2.35. The van der Waals surface area contributed by atoms with Crippen LogP contribution in [0.5, 0.6) is 11.5 Å². The van der Waals surface area contributed by atoms with E-state index in [1.807, 2.05) is 13.8 Å². The molecule has 2 heterocycles. The van der Waals surface area contributed by atoms with Gasteiger partial charge in [-0.15, -0.1) is 0 Å². The van der Waals surface area contributed by atoms with Crippen LogP contribution in [0.3, 0.4) is 0 Å². The standard InChI is InChI=1S/C28H39N2O12PS/c1-18(2)14-30(44(37,38)22-9-7-21(8-10-22)41-17-43(34,35)36)15-25(32)24(13-19-3-5-20(31)6-4-19)29-28(33)42-26-16-40-27-23(26)11-12-39-27/h3-10,18,23-27,31-32H,11-17H2,1-2H3,(H,29,33)(H2,34,35,36)/t23-,24-,25+,26-,27+/m0/s1. The zero-order chi connectivity index (χ0) is 32.1. The lowest BCUT2D eigenvalue weighted by atomic mass is 10.0. The van der Waals surface area contributed by atoms with Gasteiger partial charge in [0.1, 0.15) is 17.6 Å². The predicted octanol–water partition coefficient (Wildman–Crippen LogP) is 2.01. The number of hydrogen-bond donors (Lipinski definition) is 5. The quantitative estimate of drug-likeness (QED) is 0.185. The molecule has 2 aliphatic heterocycles. The molecule has 16 heteroatoms. The summed E-state index contributed by atoms with van der Waals surface area (Å²) in [5.41, 5.74) is 0.671. The van der Waals surface area contributed by atoms with Gasteiger partial charge in [-0.2, -0.15) is 4.31 Å². The SMILES string of the molecule is CC(C)CN(C[C@@H](O)[C@H](Cc1ccc(O)cc1)NC(=O)O[C@H]1CO[C@H]2OCC[C@H]21)S(=O)(=O)c1ccc(OCP(=O)(O)O)cc1. The Balaban J connectivity index is 1.50. The minimum atomic E-state index is -4.42. The Morgan fingerprint density at radius 3 is 2.41 bits per heavy atom. The van der Waals surface area contributed by atoms with Gasteiger partial charge in [-0.3, -0.25) is 4.57 Å². The molecule has 5 N–H and O–H groups in total. The first-order chi connectivity index (χ1) is 20.7. The van der Waals surface area contributed by atoms with E-state index in [1.54, 1.807) is 12.1 Å². The number of alkyl carbamates (subject to hydrolysis) is 1. The summed E-state index contributed by atoms with van der Waals surface area (Å²) in [7, 11) is -8.59. The van der Waals surface area contributed by atoms with Crippen molar-refractivity contribution in [3.8, 4) is 11.5 Å². The molecule has 1 amide bonds. The molecule has 14 nitrogen and oxygen atoms in total. The Kier molecular flexibility index (Phi) is 11.3. The van der Waals surface area contributed by atoms with E-state index in [-0.39, 0.29) is 54.3 Å². The Morgan fingerprint density at radius 2 is 1.77 bits per heavy atom. The second-order valence-electron chi connectivity index (χ2n) is 11.3. The predicted molar refractivity (Wildman–Crippen MR) is 156 cm³/mol. The molecule has 2 aromatic carbocycles. The van der Waals surface area contributed by atoms with Crippen molar-refractivity contribution in [2.45, 2.75) is 56.1 Å². The number of aromatic hydroxyl groups is 1. The number of sulfonamides is 1. The summed E-state index contributed by atoms with van der Waals surface area (Å²) < 4.78 is 61.3. The third kappa shape index (κ3) is 9.38. The maximum Gasteiger partial charge on any atom is 0.407 e. The fourth-order valence-electron chi connectivity index (χ4n) is 5.07. The van der Waals surface area contributed by atoms with Crippen molar-refractivity contribution in [2.75, 3.05) is 32.7 Å². The number of fused-ring (bicyclic) bond motifs is 1. The maximum absolute atomic E-state index is 13.7. The monoisotopic (exact) mass is 658 g/mol. The highest BCUT2D eigenvalue weighted by atomic mass is 32.2. The number of phenolic OH excluding ortho intramolecular Hbond substituents is 1. The number of hydrogen-bond acceptors (Lipinski definition) is 10. The molecular weight excluding hydrogens is 619 g/mol. The Morgan fingerprint density at radius 1 is 1.09 bits per heavy atom. The Bertz CT molecular complexity index is 1400. The molecule has 5 atom stereocenters. The fourth-order valence-corrected chi connectivity index (χ4v) is 7.01. The van der Waals surface area contributed by atoms with E-state index in [9.17, 15) is 28.0 Å². The minimum absolute atomic E-state index is 0.0418. The number of aliphatic hydroxyl groups excluding tert-OH is 1. The molecule has 0 unspecified atom stereocenters. The number of amides is 1. The highest BCUT2D eigenvalue weighted by molar-refractivity contribution is 7.89. The summed E-state index contributed by atoms with van der Waals surface area (Å²) in [6.07, 6.45) is -3.19. The van der Waals surface area contributed by atoms with Crippen LogP contribution in [-0.4, -0.2) is 96.0 Å². The number of rotatable bonds is 14. The van der Waals surface area contributed by atoms with Gasteiger partial charge >= 0.3 is 13.7 Å². The van der Waals surface area contributed by atoms with Crippen molar-refractivity contribution >= 4 is 23.7 Å². The summed E-state index contributed by atoms with van der Waals surface area (Å²) in [5.74, 6) is -0.107. The molecule has 0 radical (unpaired) electrons. The average molecular weight is 659 g/mol. The van der Waals surface area contributed by atoms with E-state index < -0.39 is 54.6 Å². The Hall–Kier alpha value is -2.75.